The molecule has 0 radical (unpaired) electrons. The summed E-state index contributed by atoms with van der Waals surface area (Å²) < 4.78 is 13.9. The summed E-state index contributed by atoms with van der Waals surface area (Å²) in [6.45, 7) is 30.4. The van der Waals surface area contributed by atoms with Crippen LogP contribution in [0.25, 0.3) is 0 Å². The van der Waals surface area contributed by atoms with Crippen molar-refractivity contribution in [3.05, 3.63) is 9.29 Å². The monoisotopic (exact) mass is 576 g/mol. The van der Waals surface area contributed by atoms with E-state index >= 15 is 0 Å². The van der Waals surface area contributed by atoms with Crippen LogP contribution in [0.4, 0.5) is 0 Å². The van der Waals surface area contributed by atoms with Crippen molar-refractivity contribution in [3.8, 4) is 0 Å². The van der Waals surface area contributed by atoms with Crippen molar-refractivity contribution in [1.82, 2.24) is 0 Å². The van der Waals surface area contributed by atoms with Crippen LogP contribution in [0.1, 0.15) is 101 Å². The zero-order valence-corrected chi connectivity index (χ0v) is 28.6. The molecule has 186 valence electrons. The fourth-order valence-electron chi connectivity index (χ4n) is 5.98. The zero-order chi connectivity index (χ0) is 24.3. The van der Waals surface area contributed by atoms with Gasteiger partial charge in [0.25, 0.3) is 0 Å². The van der Waals surface area contributed by atoms with Crippen molar-refractivity contribution in [3.63, 3.8) is 0 Å². The first-order chi connectivity index (χ1) is 14.3. The van der Waals surface area contributed by atoms with Gasteiger partial charge in [0.15, 0.2) is 0 Å². The minimum absolute atomic E-state index is 0.673. The second-order valence-electron chi connectivity index (χ2n) is 12.2. The average Bonchev–Trinajstić information content (AvgIpc) is 2.65. The molecule has 0 bridgehead atoms. The molecule has 1 nitrogen and oxygen atoms in total. The maximum absolute atomic E-state index is 7.31. The van der Waals surface area contributed by atoms with Gasteiger partial charge in [0.2, 0.25) is 0 Å². The summed E-state index contributed by atoms with van der Waals surface area (Å²) in [6.07, 6.45) is 8.36. The van der Waals surface area contributed by atoms with Crippen LogP contribution in [-0.4, -0.2) is 41.4 Å². The Morgan fingerprint density at radius 1 is 0.710 bits per heavy atom. The van der Waals surface area contributed by atoms with Gasteiger partial charge in [-0.2, -0.15) is 0 Å². The number of hydrogen-bond acceptors (Lipinski definition) is 1. The Bertz CT molecular complexity index is 462. The van der Waals surface area contributed by atoms with E-state index in [0.29, 0.717) is 16.6 Å². The Kier molecular flexibility index (Phi) is 15.5. The van der Waals surface area contributed by atoms with Gasteiger partial charge in [-0.15, -0.1) is 0 Å². The fraction of sp³-hybridized carbons (Fsp3) is 0.926. The van der Waals surface area contributed by atoms with Crippen LogP contribution in [-0.2, 0) is 4.43 Å². The van der Waals surface area contributed by atoms with E-state index < -0.39 is 34.8 Å². The summed E-state index contributed by atoms with van der Waals surface area (Å²) in [4.78, 5) is 0. The summed E-state index contributed by atoms with van der Waals surface area (Å²) in [5.41, 5.74) is 4.87. The van der Waals surface area contributed by atoms with E-state index in [9.17, 15) is 0 Å². The molecular weight excluding hydrogens is 515 g/mol. The first-order valence-electron chi connectivity index (χ1n) is 13.7. The predicted molar refractivity (Wildman–Crippen MR) is 153 cm³/mol. The first-order valence-corrected chi connectivity index (χ1v) is 26.9. The van der Waals surface area contributed by atoms with Crippen LogP contribution in [0, 0.1) is 0 Å². The Balaban J connectivity index is 6.38. The Morgan fingerprint density at radius 3 is 1.32 bits per heavy atom. The van der Waals surface area contributed by atoms with Gasteiger partial charge in [-0.1, -0.05) is 0 Å². The topological polar surface area (TPSA) is 9.23 Å². The molecule has 31 heavy (non-hydrogen) atoms. The van der Waals surface area contributed by atoms with Crippen molar-refractivity contribution in [1.29, 1.82) is 0 Å². The SMILES string of the molecule is CCC[CH2][Sn]([CH2]CCC)([CH2]CCC)/[C](=C\[Si](C)(C)C)CO[Si](C(C)C)(C(C)C)C(C)C. The van der Waals surface area contributed by atoms with Crippen LogP contribution in [0.2, 0.25) is 49.6 Å². The Morgan fingerprint density at radius 2 is 1.06 bits per heavy atom. The Hall–Kier alpha value is 0.932. The van der Waals surface area contributed by atoms with Gasteiger partial charge in [0, 0.05) is 0 Å². The van der Waals surface area contributed by atoms with Gasteiger partial charge in [-0.3, -0.25) is 0 Å². The van der Waals surface area contributed by atoms with Gasteiger partial charge < -0.3 is 0 Å². The van der Waals surface area contributed by atoms with Crippen molar-refractivity contribution in [2.45, 2.75) is 150 Å². The van der Waals surface area contributed by atoms with Crippen LogP contribution in [0.3, 0.4) is 0 Å². The van der Waals surface area contributed by atoms with Crippen molar-refractivity contribution >= 4 is 34.8 Å². The van der Waals surface area contributed by atoms with E-state index in [1.54, 1.807) is 13.3 Å². The minimum atomic E-state index is -2.46. The third-order valence-corrected chi connectivity index (χ3v) is 31.5. The third kappa shape index (κ3) is 9.98. The van der Waals surface area contributed by atoms with E-state index in [-0.39, 0.29) is 0 Å². The molecule has 0 saturated heterocycles. The van der Waals surface area contributed by atoms with Crippen LogP contribution in [0.15, 0.2) is 9.29 Å². The summed E-state index contributed by atoms with van der Waals surface area (Å²) in [5, 5.41) is 0. The molecule has 0 heterocycles. The van der Waals surface area contributed by atoms with E-state index in [1.807, 2.05) is 3.59 Å². The van der Waals surface area contributed by atoms with E-state index in [4.69, 9.17) is 4.43 Å². The van der Waals surface area contributed by atoms with Crippen LogP contribution in [0.5, 0.6) is 0 Å². The molecule has 0 aromatic rings. The van der Waals surface area contributed by atoms with Gasteiger partial charge in [0.1, 0.15) is 0 Å². The molecule has 0 aromatic heterocycles. The molecule has 0 aliphatic heterocycles. The van der Waals surface area contributed by atoms with Gasteiger partial charge in [0.05, 0.1) is 0 Å². The predicted octanol–water partition coefficient (Wildman–Crippen LogP) is 10.4. The Labute approximate surface area is 204 Å². The number of rotatable bonds is 17. The summed E-state index contributed by atoms with van der Waals surface area (Å²) in [7, 11) is -3.13. The molecule has 0 N–H and O–H groups in total. The second kappa shape index (κ2) is 15.0. The molecule has 0 amide bonds. The van der Waals surface area contributed by atoms with Gasteiger partial charge >= 0.3 is 206 Å². The summed E-state index contributed by atoms with van der Waals surface area (Å²) >= 11 is -2.46. The average molecular weight is 576 g/mol. The summed E-state index contributed by atoms with van der Waals surface area (Å²) in [5.74, 6) is 0. The molecule has 4 heteroatoms. The first kappa shape index (κ1) is 31.9. The van der Waals surface area contributed by atoms with E-state index in [2.05, 4.69) is 87.7 Å². The van der Waals surface area contributed by atoms with Gasteiger partial charge in [-0.05, 0) is 0 Å². The third-order valence-electron chi connectivity index (χ3n) is 7.50. The standard InChI is InChI=1S/C15H33OSi2.3C4H9.Sn/c1-13(2)18(14(3)4,15(5)6)16-11-10-12-17(7,8)9;3*1-3-4-2;/h12-15H,11H2,1-9H3;3*1,3-4H2,2H3;. The zero-order valence-electron chi connectivity index (χ0n) is 23.8. The van der Waals surface area contributed by atoms with Crippen LogP contribution >= 0.6 is 0 Å². The number of hydrogen-bond donors (Lipinski definition) is 0. The molecule has 0 aromatic carbocycles. The quantitative estimate of drug-likeness (QED) is 0.157. The van der Waals surface area contributed by atoms with Gasteiger partial charge in [-0.25, -0.2) is 0 Å². The normalized spacial score (nSPS) is 14.4. The fourth-order valence-corrected chi connectivity index (χ4v) is 34.3. The van der Waals surface area contributed by atoms with Crippen molar-refractivity contribution in [2.75, 3.05) is 6.61 Å². The van der Waals surface area contributed by atoms with E-state index in [1.165, 1.54) is 38.5 Å². The summed E-state index contributed by atoms with van der Waals surface area (Å²) in [6, 6.07) is 0. The molecule has 0 fully saturated rings. The van der Waals surface area contributed by atoms with Crippen LogP contribution < -0.4 is 0 Å². The molecule has 0 aliphatic rings. The van der Waals surface area contributed by atoms with Crippen molar-refractivity contribution < 1.29 is 4.43 Å². The molecule has 0 saturated carbocycles. The maximum atomic E-state index is 7.31. The molecule has 0 spiro atoms. The number of unbranched alkanes of at least 4 members (excludes halogenated alkanes) is 3. The molecule has 0 unspecified atom stereocenters. The van der Waals surface area contributed by atoms with Crippen molar-refractivity contribution in [2.24, 2.45) is 0 Å². The molecule has 0 aliphatic carbocycles. The molecule has 0 rings (SSSR count). The molecule has 0 atom stereocenters. The molecular formula is C27H60OSi2Sn. The van der Waals surface area contributed by atoms with E-state index in [0.717, 1.165) is 6.61 Å². The second-order valence-corrected chi connectivity index (χ2v) is 36.1.